The van der Waals surface area contributed by atoms with Gasteiger partial charge in [0.15, 0.2) is 11.6 Å². The van der Waals surface area contributed by atoms with E-state index in [-0.39, 0.29) is 11.7 Å². The van der Waals surface area contributed by atoms with E-state index in [0.29, 0.717) is 28.3 Å². The molecule has 2 aromatic heterocycles. The number of ketones is 1. The lowest BCUT2D eigenvalue weighted by atomic mass is 10.1. The van der Waals surface area contributed by atoms with Gasteiger partial charge in [0.05, 0.1) is 0 Å². The van der Waals surface area contributed by atoms with E-state index < -0.39 is 5.91 Å². The summed E-state index contributed by atoms with van der Waals surface area (Å²) in [6.07, 6.45) is 0. The van der Waals surface area contributed by atoms with Gasteiger partial charge in [-0.3, -0.25) is 20.0 Å². The first kappa shape index (κ1) is 17.1. The van der Waals surface area contributed by atoms with Gasteiger partial charge in [-0.15, -0.1) is 5.10 Å². The van der Waals surface area contributed by atoms with Gasteiger partial charge in [-0.1, -0.05) is 28.1 Å². The third kappa shape index (κ3) is 3.39. The van der Waals surface area contributed by atoms with Gasteiger partial charge < -0.3 is 4.98 Å². The van der Waals surface area contributed by atoms with Gasteiger partial charge in [-0.25, -0.2) is 0 Å². The van der Waals surface area contributed by atoms with E-state index in [4.69, 9.17) is 0 Å². The summed E-state index contributed by atoms with van der Waals surface area (Å²) in [5, 5.41) is 9.44. The Balaban J connectivity index is 1.82. The molecule has 0 aliphatic carbocycles. The zero-order chi connectivity index (χ0) is 18.1. The number of aromatic amines is 2. The minimum atomic E-state index is -0.394. The molecule has 0 unspecified atom stereocenters. The van der Waals surface area contributed by atoms with E-state index in [0.717, 1.165) is 10.0 Å². The number of benzene rings is 1. The van der Waals surface area contributed by atoms with Crippen molar-refractivity contribution in [3.8, 4) is 11.4 Å². The van der Waals surface area contributed by atoms with E-state index in [9.17, 15) is 9.59 Å². The number of aryl methyl sites for hydroxylation is 1. The smallest absolute Gasteiger partial charge is 0.274 e. The highest BCUT2D eigenvalue weighted by atomic mass is 79.9. The molecule has 3 rings (SSSR count). The number of hydrogen-bond acceptors (Lipinski definition) is 4. The first-order chi connectivity index (χ1) is 11.9. The molecule has 128 valence electrons. The maximum absolute atomic E-state index is 12.5. The molecular weight excluding hydrogens is 386 g/mol. The summed E-state index contributed by atoms with van der Waals surface area (Å²) < 4.78 is 0.961. The lowest BCUT2D eigenvalue weighted by Crippen LogP contribution is -2.15. The number of rotatable bonds is 4. The fourth-order valence-corrected chi connectivity index (χ4v) is 2.99. The summed E-state index contributed by atoms with van der Waals surface area (Å²) in [7, 11) is 0. The van der Waals surface area contributed by atoms with Gasteiger partial charge >= 0.3 is 0 Å². The van der Waals surface area contributed by atoms with Crippen LogP contribution in [0.2, 0.25) is 0 Å². The highest BCUT2D eigenvalue weighted by Gasteiger charge is 2.20. The molecule has 1 aromatic carbocycles. The number of nitrogens with zero attached hydrogens (tertiary/aromatic N) is 2. The van der Waals surface area contributed by atoms with Crippen LogP contribution in [0.3, 0.4) is 0 Å². The zero-order valence-corrected chi connectivity index (χ0v) is 15.5. The molecule has 0 spiro atoms. The number of nitrogens with one attached hydrogen (secondary N) is 3. The standard InChI is InChI=1S/C17H16BrN5O2/c1-8-13(10(3)24)9(2)19-14(8)16(25)21-17-20-15(22-23-17)11-4-6-12(18)7-5-11/h4-7,19H,1-3H3,(H2,20,21,22,23,25). The van der Waals surface area contributed by atoms with Gasteiger partial charge in [0.2, 0.25) is 5.95 Å². The zero-order valence-electron chi connectivity index (χ0n) is 13.9. The van der Waals surface area contributed by atoms with Crippen molar-refractivity contribution in [2.75, 3.05) is 5.32 Å². The van der Waals surface area contributed by atoms with E-state index >= 15 is 0 Å². The Bertz CT molecular complexity index is 956. The summed E-state index contributed by atoms with van der Waals surface area (Å²) in [6, 6.07) is 7.55. The fourth-order valence-electron chi connectivity index (χ4n) is 2.72. The minimum absolute atomic E-state index is 0.0827. The second kappa shape index (κ2) is 6.64. The maximum Gasteiger partial charge on any atom is 0.274 e. The van der Waals surface area contributed by atoms with Crippen molar-refractivity contribution in [1.82, 2.24) is 20.2 Å². The largest absolute Gasteiger partial charge is 0.354 e. The highest BCUT2D eigenvalue weighted by Crippen LogP contribution is 2.21. The molecule has 8 heteroatoms. The molecule has 0 atom stereocenters. The van der Waals surface area contributed by atoms with Crippen LogP contribution in [0, 0.1) is 13.8 Å². The number of carbonyl (C=O) groups is 2. The van der Waals surface area contributed by atoms with Gasteiger partial charge in [-0.05, 0) is 38.5 Å². The van der Waals surface area contributed by atoms with Gasteiger partial charge in [-0.2, -0.15) is 4.98 Å². The number of halogens is 1. The van der Waals surface area contributed by atoms with Gasteiger partial charge in [0, 0.05) is 21.3 Å². The first-order valence-electron chi connectivity index (χ1n) is 7.56. The summed E-state index contributed by atoms with van der Waals surface area (Å²) in [4.78, 5) is 31.4. The van der Waals surface area contributed by atoms with Crippen LogP contribution in [0.4, 0.5) is 5.95 Å². The van der Waals surface area contributed by atoms with E-state index in [1.807, 2.05) is 24.3 Å². The van der Waals surface area contributed by atoms with Crippen LogP contribution in [0.15, 0.2) is 28.7 Å². The lowest BCUT2D eigenvalue weighted by Gasteiger charge is -2.00. The van der Waals surface area contributed by atoms with Crippen LogP contribution in [0.5, 0.6) is 0 Å². The predicted molar refractivity (Wildman–Crippen MR) is 97.7 cm³/mol. The van der Waals surface area contributed by atoms with Crippen molar-refractivity contribution in [3.05, 3.63) is 51.3 Å². The van der Waals surface area contributed by atoms with E-state index in [2.05, 4.69) is 41.4 Å². The third-order valence-electron chi connectivity index (χ3n) is 3.85. The Kier molecular flexibility index (Phi) is 4.54. The molecule has 7 nitrogen and oxygen atoms in total. The summed E-state index contributed by atoms with van der Waals surface area (Å²) in [6.45, 7) is 4.98. The molecule has 25 heavy (non-hydrogen) atoms. The molecule has 2 heterocycles. The molecule has 1 amide bonds. The van der Waals surface area contributed by atoms with Crippen molar-refractivity contribution >= 4 is 33.6 Å². The maximum atomic E-state index is 12.5. The Hall–Kier alpha value is -2.74. The second-order valence-corrected chi connectivity index (χ2v) is 6.57. The highest BCUT2D eigenvalue weighted by molar-refractivity contribution is 9.10. The SMILES string of the molecule is CC(=O)c1c(C)[nH]c(C(=O)Nc2n[nH]c(-c3ccc(Br)cc3)n2)c1C. The van der Waals surface area contributed by atoms with Crippen molar-refractivity contribution in [2.24, 2.45) is 0 Å². The molecule has 0 saturated carbocycles. The normalized spacial score (nSPS) is 10.7. The summed E-state index contributed by atoms with van der Waals surface area (Å²) in [5.74, 6) is 0.237. The van der Waals surface area contributed by atoms with Crippen LogP contribution >= 0.6 is 15.9 Å². The Morgan fingerprint density at radius 1 is 1.16 bits per heavy atom. The fraction of sp³-hybridized carbons (Fsp3) is 0.176. The van der Waals surface area contributed by atoms with Crippen molar-refractivity contribution in [2.45, 2.75) is 20.8 Å². The van der Waals surface area contributed by atoms with Crippen LogP contribution in [0.25, 0.3) is 11.4 Å². The Morgan fingerprint density at radius 2 is 1.84 bits per heavy atom. The van der Waals surface area contributed by atoms with Crippen LogP contribution in [-0.4, -0.2) is 31.9 Å². The van der Waals surface area contributed by atoms with Gasteiger partial charge in [0.1, 0.15) is 5.69 Å². The van der Waals surface area contributed by atoms with Crippen molar-refractivity contribution in [1.29, 1.82) is 0 Å². The number of aromatic nitrogens is 4. The van der Waals surface area contributed by atoms with Crippen molar-refractivity contribution in [3.63, 3.8) is 0 Å². The molecule has 0 aliphatic heterocycles. The number of H-pyrrole nitrogens is 2. The number of anilines is 1. The molecule has 3 N–H and O–H groups in total. The molecule has 0 saturated heterocycles. The summed E-state index contributed by atoms with van der Waals surface area (Å²) in [5.41, 5.74) is 3.00. The Morgan fingerprint density at radius 3 is 2.44 bits per heavy atom. The van der Waals surface area contributed by atoms with E-state index in [1.54, 1.807) is 13.8 Å². The molecule has 0 bridgehead atoms. The van der Waals surface area contributed by atoms with Gasteiger partial charge in [0.25, 0.3) is 5.91 Å². The van der Waals surface area contributed by atoms with Crippen LogP contribution < -0.4 is 5.32 Å². The molecular formula is C17H16BrN5O2. The molecule has 0 fully saturated rings. The molecule has 0 radical (unpaired) electrons. The average Bonchev–Trinajstić information content (AvgIpc) is 3.12. The average molecular weight is 402 g/mol. The topological polar surface area (TPSA) is 104 Å². The number of hydrogen-bond donors (Lipinski definition) is 3. The minimum Gasteiger partial charge on any atom is -0.354 e. The third-order valence-corrected chi connectivity index (χ3v) is 4.37. The first-order valence-corrected chi connectivity index (χ1v) is 8.36. The van der Waals surface area contributed by atoms with Crippen molar-refractivity contribution < 1.29 is 9.59 Å². The quantitative estimate of drug-likeness (QED) is 0.580. The number of carbonyl (C=O) groups excluding carboxylic acids is 2. The van der Waals surface area contributed by atoms with E-state index in [1.165, 1.54) is 6.92 Å². The summed E-state index contributed by atoms with van der Waals surface area (Å²) >= 11 is 3.38. The predicted octanol–water partition coefficient (Wildman–Crippen LogP) is 3.63. The Labute approximate surface area is 152 Å². The van der Waals surface area contributed by atoms with Crippen LogP contribution in [0.1, 0.15) is 39.0 Å². The number of amides is 1. The molecule has 0 aliphatic rings. The van der Waals surface area contributed by atoms with Crippen LogP contribution in [-0.2, 0) is 0 Å². The monoisotopic (exact) mass is 401 g/mol. The number of Topliss-reactive ketones (excluding diaryl/α,β-unsaturated/α-hetero) is 1. The second-order valence-electron chi connectivity index (χ2n) is 5.65. The molecule has 3 aromatic rings. The lowest BCUT2D eigenvalue weighted by molar-refractivity contribution is 0.101.